The molecule has 0 aromatic heterocycles. The van der Waals surface area contributed by atoms with Crippen molar-refractivity contribution in [2.75, 3.05) is 7.11 Å². The van der Waals surface area contributed by atoms with Crippen LogP contribution in [0, 0.1) is 11.3 Å². The Labute approximate surface area is 124 Å². The molecule has 0 fully saturated rings. The molecule has 2 N–H and O–H groups in total. The number of nitriles is 1. The maximum absolute atomic E-state index is 8.80. The maximum atomic E-state index is 8.80. The van der Waals surface area contributed by atoms with Crippen LogP contribution in [0.2, 0.25) is 0 Å². The van der Waals surface area contributed by atoms with Gasteiger partial charge in [0.15, 0.2) is 0 Å². The van der Waals surface area contributed by atoms with E-state index in [0.717, 1.165) is 11.3 Å². The highest BCUT2D eigenvalue weighted by Gasteiger charge is 2.18. The largest absolute Gasteiger partial charge is 0.497 e. The average molecular weight is 282 g/mol. The minimum absolute atomic E-state index is 0.172. The fraction of sp³-hybridized carbons (Fsp3) is 0.235. The highest BCUT2D eigenvalue weighted by molar-refractivity contribution is 5.35. The van der Waals surface area contributed by atoms with Gasteiger partial charge in [0.25, 0.3) is 0 Å². The summed E-state index contributed by atoms with van der Waals surface area (Å²) in [5, 5.41) is 8.80. The first-order valence-electron chi connectivity index (χ1n) is 6.70. The summed E-state index contributed by atoms with van der Waals surface area (Å²) in [6.45, 7) is 1.90. The highest BCUT2D eigenvalue weighted by atomic mass is 16.5. The molecule has 2 rings (SSSR count). The Bertz CT molecular complexity index is 613. The van der Waals surface area contributed by atoms with Crippen LogP contribution in [0.5, 0.6) is 11.5 Å². The summed E-state index contributed by atoms with van der Waals surface area (Å²) in [5.74, 6) is 1.48. The smallest absolute Gasteiger partial charge is 0.138 e. The van der Waals surface area contributed by atoms with Crippen LogP contribution in [-0.2, 0) is 0 Å². The standard InChI is InChI=1S/C17H18N2O2/c1-12(19)17(14-5-9-15(20-2)10-6-14)21-16-7-3-13(11-18)4-8-16/h3-10,12,17H,19H2,1-2H3. The SMILES string of the molecule is COc1ccc(C(Oc2ccc(C#N)cc2)C(C)N)cc1. The van der Waals surface area contributed by atoms with Gasteiger partial charge in [0.1, 0.15) is 17.6 Å². The van der Waals surface area contributed by atoms with Gasteiger partial charge in [-0.25, -0.2) is 0 Å². The Balaban J connectivity index is 2.19. The van der Waals surface area contributed by atoms with Crippen LogP contribution >= 0.6 is 0 Å². The van der Waals surface area contributed by atoms with Gasteiger partial charge in [-0.1, -0.05) is 12.1 Å². The number of nitrogens with two attached hydrogens (primary N) is 1. The van der Waals surface area contributed by atoms with Crippen LogP contribution < -0.4 is 15.2 Å². The van der Waals surface area contributed by atoms with Gasteiger partial charge in [-0.2, -0.15) is 5.26 Å². The van der Waals surface area contributed by atoms with Gasteiger partial charge in [-0.15, -0.1) is 0 Å². The molecule has 0 bridgehead atoms. The molecule has 0 heterocycles. The van der Waals surface area contributed by atoms with Crippen molar-refractivity contribution in [3.05, 3.63) is 59.7 Å². The normalized spacial score (nSPS) is 13.0. The van der Waals surface area contributed by atoms with Gasteiger partial charge >= 0.3 is 0 Å². The molecule has 2 unspecified atom stereocenters. The summed E-state index contributed by atoms with van der Waals surface area (Å²) in [5.41, 5.74) is 7.62. The van der Waals surface area contributed by atoms with Crippen molar-refractivity contribution in [1.82, 2.24) is 0 Å². The van der Waals surface area contributed by atoms with E-state index >= 15 is 0 Å². The van der Waals surface area contributed by atoms with Gasteiger partial charge < -0.3 is 15.2 Å². The zero-order valence-electron chi connectivity index (χ0n) is 12.1. The van der Waals surface area contributed by atoms with Crippen LogP contribution in [0.4, 0.5) is 0 Å². The monoisotopic (exact) mass is 282 g/mol. The van der Waals surface area contributed by atoms with Crippen LogP contribution in [-0.4, -0.2) is 13.2 Å². The quantitative estimate of drug-likeness (QED) is 0.915. The van der Waals surface area contributed by atoms with Gasteiger partial charge in [-0.3, -0.25) is 0 Å². The molecule has 2 aromatic rings. The number of hydrogen-bond donors (Lipinski definition) is 1. The molecular formula is C17H18N2O2. The number of benzene rings is 2. The Morgan fingerprint density at radius 3 is 2.05 bits per heavy atom. The summed E-state index contributed by atoms with van der Waals surface area (Å²) in [6, 6.07) is 16.6. The number of rotatable bonds is 5. The molecule has 21 heavy (non-hydrogen) atoms. The second-order valence-electron chi connectivity index (χ2n) is 4.81. The summed E-state index contributed by atoms with van der Waals surface area (Å²) in [4.78, 5) is 0. The molecule has 0 radical (unpaired) electrons. The first kappa shape index (κ1) is 14.9. The number of methoxy groups -OCH3 is 1. The predicted octanol–water partition coefficient (Wildman–Crippen LogP) is 3.03. The Hall–Kier alpha value is -2.51. The lowest BCUT2D eigenvalue weighted by atomic mass is 10.0. The molecule has 2 aromatic carbocycles. The van der Waals surface area contributed by atoms with Crippen molar-refractivity contribution in [3.63, 3.8) is 0 Å². The molecule has 0 saturated heterocycles. The number of ether oxygens (including phenoxy) is 2. The lowest BCUT2D eigenvalue weighted by Crippen LogP contribution is -2.29. The third-order valence-electron chi connectivity index (χ3n) is 3.17. The van der Waals surface area contributed by atoms with Crippen molar-refractivity contribution in [2.45, 2.75) is 19.1 Å². The molecule has 0 aliphatic rings. The molecule has 0 saturated carbocycles. The van der Waals surface area contributed by atoms with E-state index < -0.39 is 0 Å². The predicted molar refractivity (Wildman–Crippen MR) is 81.2 cm³/mol. The maximum Gasteiger partial charge on any atom is 0.138 e. The topological polar surface area (TPSA) is 68.3 Å². The zero-order chi connectivity index (χ0) is 15.2. The van der Waals surface area contributed by atoms with Crippen LogP contribution in [0.15, 0.2) is 48.5 Å². The Morgan fingerprint density at radius 2 is 1.57 bits per heavy atom. The second-order valence-corrected chi connectivity index (χ2v) is 4.81. The molecule has 2 atom stereocenters. The molecule has 0 amide bonds. The molecule has 4 nitrogen and oxygen atoms in total. The molecule has 0 spiro atoms. The number of hydrogen-bond acceptors (Lipinski definition) is 4. The van der Waals surface area contributed by atoms with Crippen LogP contribution in [0.1, 0.15) is 24.2 Å². The average Bonchev–Trinajstić information content (AvgIpc) is 2.53. The van der Waals surface area contributed by atoms with Crippen molar-refractivity contribution < 1.29 is 9.47 Å². The van der Waals surface area contributed by atoms with E-state index in [1.807, 2.05) is 31.2 Å². The van der Waals surface area contributed by atoms with E-state index in [9.17, 15) is 0 Å². The van der Waals surface area contributed by atoms with E-state index in [2.05, 4.69) is 6.07 Å². The molecule has 0 aliphatic heterocycles. The third-order valence-corrected chi connectivity index (χ3v) is 3.17. The minimum atomic E-state index is -0.260. The van der Waals surface area contributed by atoms with E-state index in [4.69, 9.17) is 20.5 Å². The summed E-state index contributed by atoms with van der Waals surface area (Å²) >= 11 is 0. The van der Waals surface area contributed by atoms with Gasteiger partial charge in [0, 0.05) is 6.04 Å². The molecule has 4 heteroatoms. The van der Waals surface area contributed by atoms with E-state index in [0.29, 0.717) is 11.3 Å². The van der Waals surface area contributed by atoms with Gasteiger partial charge in [0.2, 0.25) is 0 Å². The lowest BCUT2D eigenvalue weighted by molar-refractivity contribution is 0.180. The second kappa shape index (κ2) is 6.78. The van der Waals surface area contributed by atoms with Crippen LogP contribution in [0.3, 0.4) is 0 Å². The Morgan fingerprint density at radius 1 is 1.00 bits per heavy atom. The van der Waals surface area contributed by atoms with Gasteiger partial charge in [-0.05, 0) is 48.9 Å². The fourth-order valence-corrected chi connectivity index (χ4v) is 2.03. The first-order valence-corrected chi connectivity index (χ1v) is 6.70. The lowest BCUT2D eigenvalue weighted by Gasteiger charge is -2.23. The number of nitrogens with zero attached hydrogens (tertiary/aromatic N) is 1. The molecule has 108 valence electrons. The first-order chi connectivity index (χ1) is 10.1. The van der Waals surface area contributed by atoms with Crippen LogP contribution in [0.25, 0.3) is 0 Å². The summed E-state index contributed by atoms with van der Waals surface area (Å²) < 4.78 is 11.1. The van der Waals surface area contributed by atoms with E-state index in [1.54, 1.807) is 31.4 Å². The van der Waals surface area contributed by atoms with Crippen molar-refractivity contribution in [1.29, 1.82) is 5.26 Å². The minimum Gasteiger partial charge on any atom is -0.497 e. The van der Waals surface area contributed by atoms with Crippen molar-refractivity contribution >= 4 is 0 Å². The molecule has 0 aliphatic carbocycles. The summed E-state index contributed by atoms with van der Waals surface area (Å²) in [7, 11) is 1.63. The van der Waals surface area contributed by atoms with Crippen molar-refractivity contribution in [3.8, 4) is 17.6 Å². The van der Waals surface area contributed by atoms with Crippen molar-refractivity contribution in [2.24, 2.45) is 5.73 Å². The highest BCUT2D eigenvalue weighted by Crippen LogP contribution is 2.26. The zero-order valence-corrected chi connectivity index (χ0v) is 12.1. The fourth-order valence-electron chi connectivity index (χ4n) is 2.03. The molecular weight excluding hydrogens is 264 g/mol. The third kappa shape index (κ3) is 3.74. The Kier molecular flexibility index (Phi) is 4.81. The van der Waals surface area contributed by atoms with Gasteiger partial charge in [0.05, 0.1) is 18.7 Å². The van der Waals surface area contributed by atoms with E-state index in [-0.39, 0.29) is 12.1 Å². The summed E-state index contributed by atoms with van der Waals surface area (Å²) in [6.07, 6.45) is -0.260. The van der Waals surface area contributed by atoms with E-state index in [1.165, 1.54) is 0 Å².